The number of nitrogens with one attached hydrogen (secondary N) is 1. The van der Waals surface area contributed by atoms with Crippen LogP contribution in [0.25, 0.3) is 5.69 Å². The predicted octanol–water partition coefficient (Wildman–Crippen LogP) is 4.29. The summed E-state index contributed by atoms with van der Waals surface area (Å²) in [6.45, 7) is 7.25. The highest BCUT2D eigenvalue weighted by Crippen LogP contribution is 2.26. The topological polar surface area (TPSA) is 29.9 Å². The molecule has 1 heterocycles. The van der Waals surface area contributed by atoms with Crippen LogP contribution >= 0.6 is 31.9 Å². The normalized spacial score (nSPS) is 11.8. The standard InChI is InChI=1S/C14H17Br2N3/c1-14(2,3)18-8-11-7-17-9-19(11)13-6-10(15)4-5-12(13)16/h4-7,9,18H,8H2,1-3H3. The van der Waals surface area contributed by atoms with E-state index in [0.29, 0.717) is 0 Å². The summed E-state index contributed by atoms with van der Waals surface area (Å²) in [4.78, 5) is 4.26. The van der Waals surface area contributed by atoms with E-state index in [2.05, 4.69) is 73.6 Å². The number of halogens is 2. The quantitative estimate of drug-likeness (QED) is 0.852. The lowest BCUT2D eigenvalue weighted by atomic mass is 10.1. The Labute approximate surface area is 130 Å². The predicted molar refractivity (Wildman–Crippen MR) is 85.6 cm³/mol. The molecule has 102 valence electrons. The van der Waals surface area contributed by atoms with E-state index in [1.54, 1.807) is 0 Å². The molecule has 1 aromatic heterocycles. The van der Waals surface area contributed by atoms with Crippen molar-refractivity contribution in [1.29, 1.82) is 0 Å². The molecule has 0 unspecified atom stereocenters. The van der Waals surface area contributed by atoms with Gasteiger partial charge in [0.1, 0.15) is 0 Å². The van der Waals surface area contributed by atoms with Gasteiger partial charge in [0.05, 0.1) is 17.7 Å². The molecule has 0 spiro atoms. The maximum Gasteiger partial charge on any atom is 0.0995 e. The van der Waals surface area contributed by atoms with Crippen molar-refractivity contribution in [1.82, 2.24) is 14.9 Å². The molecule has 0 aliphatic heterocycles. The number of hydrogen-bond acceptors (Lipinski definition) is 2. The van der Waals surface area contributed by atoms with E-state index < -0.39 is 0 Å². The highest BCUT2D eigenvalue weighted by molar-refractivity contribution is 9.11. The van der Waals surface area contributed by atoms with E-state index in [1.165, 1.54) is 0 Å². The van der Waals surface area contributed by atoms with Crippen molar-refractivity contribution in [3.63, 3.8) is 0 Å². The molecule has 0 saturated carbocycles. The van der Waals surface area contributed by atoms with E-state index in [1.807, 2.05) is 24.7 Å². The van der Waals surface area contributed by atoms with E-state index in [-0.39, 0.29) is 5.54 Å². The molecule has 0 bridgehead atoms. The highest BCUT2D eigenvalue weighted by Gasteiger charge is 2.12. The van der Waals surface area contributed by atoms with Gasteiger partial charge < -0.3 is 9.88 Å². The summed E-state index contributed by atoms with van der Waals surface area (Å²) in [6, 6.07) is 6.12. The largest absolute Gasteiger partial charge is 0.306 e. The lowest BCUT2D eigenvalue weighted by Gasteiger charge is -2.21. The molecule has 2 rings (SSSR count). The highest BCUT2D eigenvalue weighted by atomic mass is 79.9. The lowest BCUT2D eigenvalue weighted by Crippen LogP contribution is -2.35. The second-order valence-corrected chi connectivity index (χ2v) is 7.22. The summed E-state index contributed by atoms with van der Waals surface area (Å²) in [5.41, 5.74) is 2.30. The van der Waals surface area contributed by atoms with Crippen LogP contribution in [0.5, 0.6) is 0 Å². The Morgan fingerprint density at radius 2 is 2.00 bits per heavy atom. The first-order valence-electron chi connectivity index (χ1n) is 6.08. The molecule has 3 nitrogen and oxygen atoms in total. The van der Waals surface area contributed by atoms with Crippen LogP contribution in [0.15, 0.2) is 39.7 Å². The van der Waals surface area contributed by atoms with Crippen LogP contribution in [0.1, 0.15) is 26.5 Å². The molecule has 19 heavy (non-hydrogen) atoms. The molecule has 0 saturated heterocycles. The van der Waals surface area contributed by atoms with Gasteiger partial charge in [0.2, 0.25) is 0 Å². The molecule has 0 fully saturated rings. The van der Waals surface area contributed by atoms with Crippen molar-refractivity contribution in [2.75, 3.05) is 0 Å². The second-order valence-electron chi connectivity index (χ2n) is 5.45. The molecule has 5 heteroatoms. The molecule has 0 aliphatic rings. The van der Waals surface area contributed by atoms with Gasteiger partial charge in [0.15, 0.2) is 0 Å². The van der Waals surface area contributed by atoms with Crippen molar-refractivity contribution < 1.29 is 0 Å². The fraction of sp³-hybridized carbons (Fsp3) is 0.357. The van der Waals surface area contributed by atoms with Gasteiger partial charge in [-0.25, -0.2) is 4.98 Å². The maximum absolute atomic E-state index is 4.26. The van der Waals surface area contributed by atoms with Gasteiger partial charge >= 0.3 is 0 Å². The number of imidazole rings is 1. The monoisotopic (exact) mass is 385 g/mol. The van der Waals surface area contributed by atoms with Crippen LogP contribution in [0, 0.1) is 0 Å². The number of aromatic nitrogens is 2. The van der Waals surface area contributed by atoms with Gasteiger partial charge in [-0.3, -0.25) is 0 Å². The molecular formula is C14H17Br2N3. The van der Waals surface area contributed by atoms with Crippen LogP contribution in [-0.4, -0.2) is 15.1 Å². The van der Waals surface area contributed by atoms with Gasteiger partial charge in [-0.2, -0.15) is 0 Å². The van der Waals surface area contributed by atoms with Crippen molar-refractivity contribution in [3.8, 4) is 5.69 Å². The Kier molecular flexibility index (Phi) is 4.48. The van der Waals surface area contributed by atoms with Gasteiger partial charge in [0, 0.05) is 27.2 Å². The van der Waals surface area contributed by atoms with E-state index >= 15 is 0 Å². The lowest BCUT2D eigenvalue weighted by molar-refractivity contribution is 0.419. The Bertz CT molecular complexity index is 570. The summed E-state index contributed by atoms with van der Waals surface area (Å²) < 4.78 is 4.19. The molecular weight excluding hydrogens is 370 g/mol. The van der Waals surface area contributed by atoms with Crippen molar-refractivity contribution >= 4 is 31.9 Å². The summed E-state index contributed by atoms with van der Waals surface area (Å²) in [5, 5.41) is 3.48. The molecule has 0 aliphatic carbocycles. The third kappa shape index (κ3) is 3.91. The Balaban J connectivity index is 2.31. The van der Waals surface area contributed by atoms with Crippen LogP contribution < -0.4 is 5.32 Å². The van der Waals surface area contributed by atoms with Crippen LogP contribution in [0.2, 0.25) is 0 Å². The zero-order chi connectivity index (χ0) is 14.0. The van der Waals surface area contributed by atoms with E-state index in [9.17, 15) is 0 Å². The molecule has 1 N–H and O–H groups in total. The average Bonchev–Trinajstić information content (AvgIpc) is 2.77. The van der Waals surface area contributed by atoms with Crippen LogP contribution in [-0.2, 0) is 6.54 Å². The number of hydrogen-bond donors (Lipinski definition) is 1. The first-order valence-corrected chi connectivity index (χ1v) is 7.67. The third-order valence-corrected chi connectivity index (χ3v) is 3.85. The molecule has 0 amide bonds. The smallest absolute Gasteiger partial charge is 0.0995 e. The van der Waals surface area contributed by atoms with Gasteiger partial charge in [-0.1, -0.05) is 15.9 Å². The average molecular weight is 387 g/mol. The molecule has 2 aromatic rings. The van der Waals surface area contributed by atoms with Crippen LogP contribution in [0.4, 0.5) is 0 Å². The zero-order valence-electron chi connectivity index (χ0n) is 11.2. The van der Waals surface area contributed by atoms with Crippen LogP contribution in [0.3, 0.4) is 0 Å². The number of rotatable bonds is 3. The summed E-state index contributed by atoms with van der Waals surface area (Å²) in [7, 11) is 0. The minimum Gasteiger partial charge on any atom is -0.306 e. The summed E-state index contributed by atoms with van der Waals surface area (Å²) >= 11 is 7.09. The fourth-order valence-corrected chi connectivity index (χ4v) is 2.48. The molecule has 1 aromatic carbocycles. The zero-order valence-corrected chi connectivity index (χ0v) is 14.4. The molecule has 0 atom stereocenters. The van der Waals surface area contributed by atoms with Crippen molar-refractivity contribution in [3.05, 3.63) is 45.4 Å². The van der Waals surface area contributed by atoms with Gasteiger partial charge in [0.25, 0.3) is 0 Å². The minimum absolute atomic E-state index is 0.0869. The summed E-state index contributed by atoms with van der Waals surface area (Å²) in [5.74, 6) is 0. The van der Waals surface area contributed by atoms with E-state index in [0.717, 1.165) is 26.9 Å². The van der Waals surface area contributed by atoms with Crippen molar-refractivity contribution in [2.24, 2.45) is 0 Å². The Morgan fingerprint density at radius 3 is 2.68 bits per heavy atom. The van der Waals surface area contributed by atoms with Crippen molar-refractivity contribution in [2.45, 2.75) is 32.9 Å². The molecule has 0 radical (unpaired) electrons. The van der Waals surface area contributed by atoms with E-state index in [4.69, 9.17) is 0 Å². The maximum atomic E-state index is 4.26. The number of nitrogens with zero attached hydrogens (tertiary/aromatic N) is 2. The Hall–Kier alpha value is -0.650. The SMILES string of the molecule is CC(C)(C)NCc1cncn1-c1cc(Br)ccc1Br. The minimum atomic E-state index is 0.0869. The fourth-order valence-electron chi connectivity index (χ4n) is 1.70. The third-order valence-electron chi connectivity index (χ3n) is 2.68. The second kappa shape index (κ2) is 5.77. The first-order chi connectivity index (χ1) is 8.87. The van der Waals surface area contributed by atoms with Gasteiger partial charge in [-0.05, 0) is 54.9 Å². The first kappa shape index (κ1) is 14.8. The Morgan fingerprint density at radius 1 is 1.26 bits per heavy atom. The van der Waals surface area contributed by atoms with Gasteiger partial charge in [-0.15, -0.1) is 0 Å². The summed E-state index contributed by atoms with van der Waals surface area (Å²) in [6.07, 6.45) is 3.73. The number of benzene rings is 1.